The first-order valence-electron chi connectivity index (χ1n) is 10.5. The van der Waals surface area contributed by atoms with Crippen molar-refractivity contribution < 1.29 is 4.92 Å². The first-order chi connectivity index (χ1) is 16.0. The van der Waals surface area contributed by atoms with Crippen molar-refractivity contribution in [2.45, 2.75) is 19.0 Å². The number of nitro groups is 1. The monoisotopic (exact) mass is 455 g/mol. The number of nitro benzene ring substituents is 1. The molecule has 0 radical (unpaired) electrons. The van der Waals surface area contributed by atoms with Crippen molar-refractivity contribution >= 4 is 28.7 Å². The van der Waals surface area contributed by atoms with Gasteiger partial charge in [-0.05, 0) is 67.7 Å². The zero-order chi connectivity index (χ0) is 22.9. The van der Waals surface area contributed by atoms with Crippen LogP contribution in [0.15, 0.2) is 91.3 Å². The Kier molecular flexibility index (Phi) is 5.35. The smallest absolute Gasteiger partial charge is 0.269 e. The maximum absolute atomic E-state index is 11.1. The molecular weight excluding hydrogens is 434 g/mol. The molecule has 0 bridgehead atoms. The van der Waals surface area contributed by atoms with Gasteiger partial charge < -0.3 is 14.8 Å². The van der Waals surface area contributed by atoms with Gasteiger partial charge in [-0.25, -0.2) is 0 Å². The molecular formula is C25H21N5O2S. The van der Waals surface area contributed by atoms with Crippen molar-refractivity contribution in [1.29, 1.82) is 0 Å². The summed E-state index contributed by atoms with van der Waals surface area (Å²) in [5.74, 6) is 0. The molecule has 164 valence electrons. The Balaban J connectivity index is 1.63. The molecule has 1 fully saturated rings. The zero-order valence-corrected chi connectivity index (χ0v) is 18.6. The van der Waals surface area contributed by atoms with E-state index in [1.54, 1.807) is 18.3 Å². The molecule has 1 aliphatic heterocycles. The molecule has 2 aromatic carbocycles. The van der Waals surface area contributed by atoms with Crippen molar-refractivity contribution in [3.8, 4) is 5.69 Å². The van der Waals surface area contributed by atoms with Gasteiger partial charge in [-0.2, -0.15) is 0 Å². The molecule has 0 spiro atoms. The predicted octanol–water partition coefficient (Wildman–Crippen LogP) is 5.27. The average Bonchev–Trinajstić information content (AvgIpc) is 3.44. The third-order valence-corrected chi connectivity index (χ3v) is 6.15. The molecule has 0 unspecified atom stereocenters. The fourth-order valence-electron chi connectivity index (χ4n) is 4.24. The van der Waals surface area contributed by atoms with Crippen LogP contribution in [0.25, 0.3) is 5.69 Å². The third-order valence-electron chi connectivity index (χ3n) is 5.83. The van der Waals surface area contributed by atoms with Crippen LogP contribution in [-0.4, -0.2) is 19.6 Å². The first kappa shape index (κ1) is 20.8. The van der Waals surface area contributed by atoms with Crippen LogP contribution in [-0.2, 0) is 0 Å². The normalized spacial score (nSPS) is 17.7. The Morgan fingerprint density at radius 2 is 1.70 bits per heavy atom. The summed E-state index contributed by atoms with van der Waals surface area (Å²) in [6.45, 7) is 2.05. The summed E-state index contributed by atoms with van der Waals surface area (Å²) in [6, 6.07) is 24.3. The third kappa shape index (κ3) is 3.85. The van der Waals surface area contributed by atoms with Crippen LogP contribution in [0.2, 0.25) is 0 Å². The Labute approximate surface area is 196 Å². The highest BCUT2D eigenvalue weighted by molar-refractivity contribution is 7.80. The van der Waals surface area contributed by atoms with Gasteiger partial charge in [0, 0.05) is 41.6 Å². The number of non-ortho nitro benzene ring substituents is 1. The lowest BCUT2D eigenvalue weighted by Gasteiger charge is -2.29. The summed E-state index contributed by atoms with van der Waals surface area (Å²) in [6.07, 6.45) is 3.74. The van der Waals surface area contributed by atoms with E-state index >= 15 is 0 Å². The molecule has 1 aliphatic rings. The highest BCUT2D eigenvalue weighted by Crippen LogP contribution is 2.42. The van der Waals surface area contributed by atoms with Gasteiger partial charge in [0.15, 0.2) is 5.11 Å². The first-order valence-corrected chi connectivity index (χ1v) is 10.9. The minimum Gasteiger partial charge on any atom is -0.351 e. The van der Waals surface area contributed by atoms with Gasteiger partial charge in [0.2, 0.25) is 0 Å². The largest absolute Gasteiger partial charge is 0.351 e. The number of rotatable bonds is 5. The summed E-state index contributed by atoms with van der Waals surface area (Å²) in [5.41, 5.74) is 4.93. The molecule has 8 heteroatoms. The number of hydrogen-bond acceptors (Lipinski definition) is 4. The fourth-order valence-corrected chi connectivity index (χ4v) is 4.59. The Bertz CT molecular complexity index is 1300. The van der Waals surface area contributed by atoms with Crippen molar-refractivity contribution in [2.24, 2.45) is 0 Å². The SMILES string of the molecule is Cc1ccc(N2C(=S)N[C@@H](c3ccccn3)[C@H]2c2cccn2-c2ccc([N+](=O)[O-])cc2)cc1. The van der Waals surface area contributed by atoms with Crippen molar-refractivity contribution in [3.63, 3.8) is 0 Å². The van der Waals surface area contributed by atoms with E-state index in [1.807, 2.05) is 35.0 Å². The molecule has 4 aromatic rings. The minimum atomic E-state index is -0.393. The molecule has 0 saturated carbocycles. The van der Waals surface area contributed by atoms with Crippen LogP contribution < -0.4 is 10.2 Å². The van der Waals surface area contributed by atoms with Gasteiger partial charge in [0.05, 0.1) is 16.7 Å². The number of thiocarbonyl (C=S) groups is 1. The molecule has 1 saturated heterocycles. The summed E-state index contributed by atoms with van der Waals surface area (Å²) >= 11 is 5.79. The molecule has 3 heterocycles. The average molecular weight is 456 g/mol. The van der Waals surface area contributed by atoms with Crippen LogP contribution in [0.3, 0.4) is 0 Å². The quantitative estimate of drug-likeness (QED) is 0.251. The zero-order valence-electron chi connectivity index (χ0n) is 17.8. The van der Waals surface area contributed by atoms with Crippen LogP contribution >= 0.6 is 12.2 Å². The maximum Gasteiger partial charge on any atom is 0.269 e. The Hall–Kier alpha value is -4.04. The van der Waals surface area contributed by atoms with E-state index in [1.165, 1.54) is 17.7 Å². The number of aryl methyl sites for hydroxylation is 1. The summed E-state index contributed by atoms with van der Waals surface area (Å²) < 4.78 is 2.04. The molecule has 0 amide bonds. The second kappa shape index (κ2) is 8.48. The number of anilines is 1. The van der Waals surface area contributed by atoms with Crippen LogP contribution in [0.5, 0.6) is 0 Å². The van der Waals surface area contributed by atoms with E-state index in [0.29, 0.717) is 5.11 Å². The lowest BCUT2D eigenvalue weighted by molar-refractivity contribution is -0.384. The van der Waals surface area contributed by atoms with Crippen LogP contribution in [0, 0.1) is 17.0 Å². The van der Waals surface area contributed by atoms with E-state index in [4.69, 9.17) is 12.2 Å². The maximum atomic E-state index is 11.1. The van der Waals surface area contributed by atoms with Gasteiger partial charge in [0.25, 0.3) is 5.69 Å². The second-order valence-electron chi connectivity index (χ2n) is 7.91. The lowest BCUT2D eigenvalue weighted by Crippen LogP contribution is -2.30. The second-order valence-corrected chi connectivity index (χ2v) is 8.30. The predicted molar refractivity (Wildman–Crippen MR) is 132 cm³/mol. The van der Waals surface area contributed by atoms with Crippen molar-refractivity contribution in [2.75, 3.05) is 4.90 Å². The molecule has 7 nitrogen and oxygen atoms in total. The number of nitrogens with zero attached hydrogens (tertiary/aromatic N) is 4. The van der Waals surface area contributed by atoms with Gasteiger partial charge >= 0.3 is 0 Å². The number of hydrogen-bond donors (Lipinski definition) is 1. The molecule has 33 heavy (non-hydrogen) atoms. The van der Waals surface area contributed by atoms with E-state index in [0.717, 1.165) is 22.8 Å². The molecule has 0 aliphatic carbocycles. The van der Waals surface area contributed by atoms with Crippen molar-refractivity contribution in [3.05, 3.63) is 118 Å². The lowest BCUT2D eigenvalue weighted by atomic mass is 10.0. The molecule has 5 rings (SSSR count). The van der Waals surface area contributed by atoms with Crippen LogP contribution in [0.4, 0.5) is 11.4 Å². The van der Waals surface area contributed by atoms with Gasteiger partial charge in [-0.1, -0.05) is 23.8 Å². The van der Waals surface area contributed by atoms with E-state index < -0.39 is 4.92 Å². The summed E-state index contributed by atoms with van der Waals surface area (Å²) in [4.78, 5) is 17.4. The number of benzene rings is 2. The Morgan fingerprint density at radius 3 is 2.36 bits per heavy atom. The van der Waals surface area contributed by atoms with Crippen LogP contribution in [0.1, 0.15) is 29.0 Å². The number of aromatic nitrogens is 2. The van der Waals surface area contributed by atoms with E-state index in [9.17, 15) is 10.1 Å². The van der Waals surface area contributed by atoms with E-state index in [2.05, 4.69) is 52.5 Å². The van der Waals surface area contributed by atoms with E-state index in [-0.39, 0.29) is 17.8 Å². The highest BCUT2D eigenvalue weighted by atomic mass is 32.1. The highest BCUT2D eigenvalue weighted by Gasteiger charge is 2.42. The number of pyridine rings is 1. The summed E-state index contributed by atoms with van der Waals surface area (Å²) in [7, 11) is 0. The van der Waals surface area contributed by atoms with Gasteiger partial charge in [0.1, 0.15) is 6.04 Å². The van der Waals surface area contributed by atoms with Crippen molar-refractivity contribution in [1.82, 2.24) is 14.9 Å². The minimum absolute atomic E-state index is 0.0591. The topological polar surface area (TPSA) is 76.2 Å². The molecule has 1 N–H and O–H groups in total. The Morgan fingerprint density at radius 1 is 0.970 bits per heavy atom. The molecule has 2 aromatic heterocycles. The summed E-state index contributed by atoms with van der Waals surface area (Å²) in [5, 5.41) is 15.2. The standard InChI is InChI=1S/C25H21N5O2S/c1-17-7-9-19(10-8-17)29-24(23(27-25(29)33)21-5-2-3-15-26-21)22-6-4-16-28(22)18-11-13-20(14-12-18)30(31)32/h2-16,23-24H,1H3,(H,27,33)/t23-,24+/m0/s1. The van der Waals surface area contributed by atoms with Gasteiger partial charge in [-0.3, -0.25) is 15.1 Å². The van der Waals surface area contributed by atoms with Gasteiger partial charge in [-0.15, -0.1) is 0 Å². The number of nitrogens with one attached hydrogen (secondary N) is 1. The molecule has 2 atom stereocenters. The fraction of sp³-hybridized carbons (Fsp3) is 0.120.